The summed E-state index contributed by atoms with van der Waals surface area (Å²) in [6.07, 6.45) is 4.40. The van der Waals surface area contributed by atoms with Crippen LogP contribution in [0.3, 0.4) is 0 Å². The van der Waals surface area contributed by atoms with Crippen molar-refractivity contribution < 1.29 is 4.74 Å². The molecule has 5 heteroatoms. The topological polar surface area (TPSA) is 50.8 Å². The Kier molecular flexibility index (Phi) is 2.24. The Labute approximate surface area is 98.0 Å². The van der Waals surface area contributed by atoms with Gasteiger partial charge < -0.3 is 9.72 Å². The quantitative estimate of drug-likeness (QED) is 0.835. The number of aryl methyl sites for hydroxylation is 1. The summed E-state index contributed by atoms with van der Waals surface area (Å²) in [5.41, 5.74) is 1.82. The van der Waals surface area contributed by atoms with Crippen molar-refractivity contribution in [2.24, 2.45) is 5.92 Å². The molecule has 0 saturated heterocycles. The molecule has 1 N–H and O–H groups in total. The molecule has 1 fully saturated rings. The Morgan fingerprint density at radius 1 is 1.50 bits per heavy atom. The average molecular weight is 238 g/mol. The lowest BCUT2D eigenvalue weighted by Crippen LogP contribution is -2.02. The van der Waals surface area contributed by atoms with Crippen molar-refractivity contribution in [2.75, 3.05) is 6.61 Å². The predicted molar refractivity (Wildman–Crippen MR) is 61.9 cm³/mol. The zero-order valence-corrected chi connectivity index (χ0v) is 9.71. The fourth-order valence-corrected chi connectivity index (χ4v) is 1.87. The van der Waals surface area contributed by atoms with Gasteiger partial charge in [0.25, 0.3) is 0 Å². The highest BCUT2D eigenvalue weighted by atomic mass is 35.5. The number of hydrogen-bond donors (Lipinski definition) is 1. The number of rotatable bonds is 3. The Bertz CT molecular complexity index is 533. The minimum Gasteiger partial charge on any atom is -0.477 e. The van der Waals surface area contributed by atoms with Crippen LogP contribution < -0.4 is 4.74 Å². The van der Waals surface area contributed by atoms with Crippen molar-refractivity contribution in [1.82, 2.24) is 15.0 Å². The van der Waals surface area contributed by atoms with E-state index in [0.717, 1.165) is 23.2 Å². The Hall–Kier alpha value is -1.29. The van der Waals surface area contributed by atoms with E-state index >= 15 is 0 Å². The lowest BCUT2D eigenvalue weighted by Gasteiger charge is -2.06. The van der Waals surface area contributed by atoms with Crippen molar-refractivity contribution >= 4 is 22.6 Å². The monoisotopic (exact) mass is 237 g/mol. The Morgan fingerprint density at radius 2 is 2.31 bits per heavy atom. The van der Waals surface area contributed by atoms with E-state index in [-0.39, 0.29) is 5.28 Å². The summed E-state index contributed by atoms with van der Waals surface area (Å²) in [6, 6.07) is 0. The first-order chi connectivity index (χ1) is 7.74. The van der Waals surface area contributed by atoms with E-state index in [1.807, 2.05) is 13.1 Å². The summed E-state index contributed by atoms with van der Waals surface area (Å²) in [5.74, 6) is 1.30. The Balaban J connectivity index is 2.01. The van der Waals surface area contributed by atoms with Crippen molar-refractivity contribution in [3.8, 4) is 5.88 Å². The summed E-state index contributed by atoms with van der Waals surface area (Å²) in [7, 11) is 0. The fraction of sp³-hybridized carbons (Fsp3) is 0.455. The van der Waals surface area contributed by atoms with Gasteiger partial charge >= 0.3 is 0 Å². The molecule has 0 bridgehead atoms. The van der Waals surface area contributed by atoms with Gasteiger partial charge in [-0.25, -0.2) is 0 Å². The molecule has 84 valence electrons. The van der Waals surface area contributed by atoms with E-state index in [0.29, 0.717) is 11.8 Å². The van der Waals surface area contributed by atoms with Crippen molar-refractivity contribution in [3.05, 3.63) is 17.0 Å². The van der Waals surface area contributed by atoms with E-state index in [9.17, 15) is 0 Å². The summed E-state index contributed by atoms with van der Waals surface area (Å²) in [6.45, 7) is 2.73. The minimum absolute atomic E-state index is 0.222. The number of nitrogens with zero attached hydrogens (tertiary/aromatic N) is 2. The fourth-order valence-electron chi connectivity index (χ4n) is 1.71. The first-order valence-electron chi connectivity index (χ1n) is 5.38. The SMILES string of the molecule is Cc1c[nH]c2nc(Cl)nc(OCC3CC3)c12. The van der Waals surface area contributed by atoms with Crippen LogP contribution in [0.25, 0.3) is 11.0 Å². The second-order valence-corrected chi connectivity index (χ2v) is 4.59. The number of fused-ring (bicyclic) bond motifs is 1. The molecular formula is C11H12ClN3O. The summed E-state index contributed by atoms with van der Waals surface area (Å²) in [5, 5.41) is 1.16. The van der Waals surface area contributed by atoms with Gasteiger partial charge in [-0.15, -0.1) is 0 Å². The predicted octanol–water partition coefficient (Wildman–Crippen LogP) is 2.71. The minimum atomic E-state index is 0.222. The molecule has 0 unspecified atom stereocenters. The summed E-state index contributed by atoms with van der Waals surface area (Å²) in [4.78, 5) is 11.3. The molecule has 0 spiro atoms. The summed E-state index contributed by atoms with van der Waals surface area (Å²) >= 11 is 5.84. The van der Waals surface area contributed by atoms with Crippen LogP contribution in [0.4, 0.5) is 0 Å². The van der Waals surface area contributed by atoms with Crippen LogP contribution in [0.5, 0.6) is 5.88 Å². The van der Waals surface area contributed by atoms with Crippen LogP contribution in [-0.4, -0.2) is 21.6 Å². The van der Waals surface area contributed by atoms with Crippen LogP contribution >= 0.6 is 11.6 Å². The van der Waals surface area contributed by atoms with E-state index in [1.54, 1.807) is 0 Å². The summed E-state index contributed by atoms with van der Waals surface area (Å²) < 4.78 is 5.71. The highest BCUT2D eigenvalue weighted by molar-refractivity contribution is 6.28. The van der Waals surface area contributed by atoms with Gasteiger partial charge in [-0.2, -0.15) is 9.97 Å². The molecule has 2 heterocycles. The third-order valence-electron chi connectivity index (χ3n) is 2.82. The largest absolute Gasteiger partial charge is 0.477 e. The molecule has 2 aromatic heterocycles. The normalized spacial score (nSPS) is 15.6. The number of ether oxygens (including phenoxy) is 1. The van der Waals surface area contributed by atoms with E-state index in [1.165, 1.54) is 12.8 Å². The van der Waals surface area contributed by atoms with Crippen LogP contribution in [0.2, 0.25) is 5.28 Å². The van der Waals surface area contributed by atoms with Gasteiger partial charge in [0.05, 0.1) is 12.0 Å². The highest BCUT2D eigenvalue weighted by Crippen LogP contribution is 2.32. The number of nitrogens with one attached hydrogen (secondary N) is 1. The molecule has 1 saturated carbocycles. The molecule has 2 aromatic rings. The van der Waals surface area contributed by atoms with E-state index < -0.39 is 0 Å². The smallest absolute Gasteiger partial charge is 0.227 e. The standard InChI is InChI=1S/C11H12ClN3O/c1-6-4-13-9-8(6)10(15-11(12)14-9)16-5-7-2-3-7/h4,7H,2-3,5H2,1H3,(H,13,14,15). The molecule has 16 heavy (non-hydrogen) atoms. The molecular weight excluding hydrogens is 226 g/mol. The molecule has 0 atom stereocenters. The zero-order chi connectivity index (χ0) is 11.1. The zero-order valence-electron chi connectivity index (χ0n) is 8.96. The van der Waals surface area contributed by atoms with Gasteiger partial charge in [0, 0.05) is 6.20 Å². The average Bonchev–Trinajstić information content (AvgIpc) is 3.00. The lowest BCUT2D eigenvalue weighted by molar-refractivity contribution is 0.292. The molecule has 1 aliphatic carbocycles. The third kappa shape index (κ3) is 1.73. The number of aromatic nitrogens is 3. The van der Waals surface area contributed by atoms with Crippen LogP contribution in [-0.2, 0) is 0 Å². The van der Waals surface area contributed by atoms with Crippen LogP contribution in [0.1, 0.15) is 18.4 Å². The van der Waals surface area contributed by atoms with E-state index in [2.05, 4.69) is 15.0 Å². The number of halogens is 1. The molecule has 0 amide bonds. The van der Waals surface area contributed by atoms with Gasteiger partial charge in [-0.05, 0) is 42.8 Å². The molecule has 1 aliphatic rings. The van der Waals surface area contributed by atoms with Gasteiger partial charge in [-0.3, -0.25) is 0 Å². The Morgan fingerprint density at radius 3 is 3.06 bits per heavy atom. The molecule has 0 radical (unpaired) electrons. The van der Waals surface area contributed by atoms with Gasteiger partial charge in [0.1, 0.15) is 5.65 Å². The maximum Gasteiger partial charge on any atom is 0.227 e. The maximum atomic E-state index is 5.84. The molecule has 0 aliphatic heterocycles. The van der Waals surface area contributed by atoms with E-state index in [4.69, 9.17) is 16.3 Å². The third-order valence-corrected chi connectivity index (χ3v) is 2.99. The number of hydrogen-bond acceptors (Lipinski definition) is 3. The maximum absolute atomic E-state index is 5.84. The first kappa shape index (κ1) is 9.90. The van der Waals surface area contributed by atoms with Gasteiger partial charge in [0.2, 0.25) is 11.2 Å². The lowest BCUT2D eigenvalue weighted by atomic mass is 10.3. The van der Waals surface area contributed by atoms with Gasteiger partial charge in [-0.1, -0.05) is 0 Å². The van der Waals surface area contributed by atoms with Crippen molar-refractivity contribution in [1.29, 1.82) is 0 Å². The van der Waals surface area contributed by atoms with Gasteiger partial charge in [0.15, 0.2) is 0 Å². The highest BCUT2D eigenvalue weighted by Gasteiger charge is 2.23. The van der Waals surface area contributed by atoms with Crippen molar-refractivity contribution in [2.45, 2.75) is 19.8 Å². The number of aromatic amines is 1. The molecule has 3 rings (SSSR count). The van der Waals surface area contributed by atoms with Crippen molar-refractivity contribution in [3.63, 3.8) is 0 Å². The van der Waals surface area contributed by atoms with Crippen LogP contribution in [0.15, 0.2) is 6.20 Å². The second-order valence-electron chi connectivity index (χ2n) is 4.25. The molecule has 4 nitrogen and oxygen atoms in total. The van der Waals surface area contributed by atoms with Crippen LogP contribution in [0, 0.1) is 12.8 Å². The number of H-pyrrole nitrogens is 1. The first-order valence-corrected chi connectivity index (χ1v) is 5.76. The molecule has 0 aromatic carbocycles. The second kappa shape index (κ2) is 3.63.